The van der Waals surface area contributed by atoms with E-state index in [0.717, 1.165) is 0 Å². The second-order valence-electron chi connectivity index (χ2n) is 3.08. The number of methoxy groups -OCH3 is 2. The fourth-order valence-electron chi connectivity index (χ4n) is 0.800. The molecule has 0 aliphatic rings. The normalized spacial score (nSPS) is 9.41. The predicted octanol–water partition coefficient (Wildman–Crippen LogP) is 1.82. The van der Waals surface area contributed by atoms with Crippen LogP contribution in [0.3, 0.4) is 0 Å². The van der Waals surface area contributed by atoms with Crippen LogP contribution in [0.4, 0.5) is 0 Å². The Balaban J connectivity index is 0.000000366. The molecular formula is C12H16O5. The van der Waals surface area contributed by atoms with Crippen molar-refractivity contribution in [3.05, 3.63) is 35.4 Å². The summed E-state index contributed by atoms with van der Waals surface area (Å²) in [6.45, 7) is 1.83. The summed E-state index contributed by atoms with van der Waals surface area (Å²) in [5.74, 6) is -0.984. The van der Waals surface area contributed by atoms with Crippen LogP contribution in [0.2, 0.25) is 0 Å². The van der Waals surface area contributed by atoms with Gasteiger partial charge in [0.1, 0.15) is 6.29 Å². The largest absolute Gasteiger partial charge is 0.478 e. The van der Waals surface area contributed by atoms with Gasteiger partial charge in [0.25, 0.3) is 0 Å². The highest BCUT2D eigenvalue weighted by atomic mass is 16.7. The predicted molar refractivity (Wildman–Crippen MR) is 62.3 cm³/mol. The Kier molecular flexibility index (Phi) is 7.58. The van der Waals surface area contributed by atoms with E-state index in [1.165, 1.54) is 24.3 Å². The molecule has 0 atom stereocenters. The third-order valence-electron chi connectivity index (χ3n) is 1.96. The van der Waals surface area contributed by atoms with E-state index in [1.54, 1.807) is 14.2 Å². The van der Waals surface area contributed by atoms with Gasteiger partial charge in [-0.15, -0.1) is 0 Å². The third-order valence-corrected chi connectivity index (χ3v) is 1.96. The SMILES string of the molecule is COC(C)OC.O=Cc1ccc(C(=O)O)cc1. The molecule has 0 saturated carbocycles. The van der Waals surface area contributed by atoms with Gasteiger partial charge in [-0.1, -0.05) is 12.1 Å². The molecule has 1 N–H and O–H groups in total. The molecule has 5 nitrogen and oxygen atoms in total. The van der Waals surface area contributed by atoms with Crippen LogP contribution in [0.15, 0.2) is 24.3 Å². The van der Waals surface area contributed by atoms with Gasteiger partial charge in [-0.25, -0.2) is 4.79 Å². The molecule has 0 aromatic heterocycles. The molecular weight excluding hydrogens is 224 g/mol. The first kappa shape index (κ1) is 15.3. The van der Waals surface area contributed by atoms with Gasteiger partial charge in [0.15, 0.2) is 6.29 Å². The molecule has 0 aliphatic heterocycles. The van der Waals surface area contributed by atoms with Crippen molar-refractivity contribution in [2.24, 2.45) is 0 Å². The minimum atomic E-state index is -0.984. The van der Waals surface area contributed by atoms with Crippen molar-refractivity contribution in [1.82, 2.24) is 0 Å². The number of carboxylic acids is 1. The van der Waals surface area contributed by atoms with E-state index in [-0.39, 0.29) is 11.9 Å². The van der Waals surface area contributed by atoms with Gasteiger partial charge >= 0.3 is 5.97 Å². The van der Waals surface area contributed by atoms with Crippen LogP contribution in [-0.4, -0.2) is 37.9 Å². The maximum absolute atomic E-state index is 10.3. The molecule has 0 radical (unpaired) electrons. The molecule has 0 unspecified atom stereocenters. The monoisotopic (exact) mass is 240 g/mol. The van der Waals surface area contributed by atoms with Crippen molar-refractivity contribution in [3.8, 4) is 0 Å². The van der Waals surface area contributed by atoms with Crippen molar-refractivity contribution in [2.75, 3.05) is 14.2 Å². The van der Waals surface area contributed by atoms with E-state index in [1.807, 2.05) is 6.92 Å². The van der Waals surface area contributed by atoms with Crippen molar-refractivity contribution >= 4 is 12.3 Å². The lowest BCUT2D eigenvalue weighted by molar-refractivity contribution is -0.0877. The molecule has 1 aromatic rings. The molecule has 1 rings (SSSR count). The smallest absolute Gasteiger partial charge is 0.335 e. The van der Waals surface area contributed by atoms with Crippen molar-refractivity contribution in [2.45, 2.75) is 13.2 Å². The molecule has 0 amide bonds. The molecule has 5 heteroatoms. The van der Waals surface area contributed by atoms with Crippen LogP contribution in [0.25, 0.3) is 0 Å². The van der Waals surface area contributed by atoms with Gasteiger partial charge < -0.3 is 14.6 Å². The fraction of sp³-hybridized carbons (Fsp3) is 0.333. The molecule has 1 aromatic carbocycles. The summed E-state index contributed by atoms with van der Waals surface area (Å²) in [7, 11) is 3.21. The lowest BCUT2D eigenvalue weighted by Gasteiger charge is -2.03. The van der Waals surface area contributed by atoms with Gasteiger partial charge in [0.2, 0.25) is 0 Å². The molecule has 94 valence electrons. The first-order valence-electron chi connectivity index (χ1n) is 4.89. The van der Waals surface area contributed by atoms with Crippen LogP contribution in [0.5, 0.6) is 0 Å². The fourth-order valence-corrected chi connectivity index (χ4v) is 0.800. The second kappa shape index (κ2) is 8.43. The van der Waals surface area contributed by atoms with Crippen LogP contribution < -0.4 is 0 Å². The van der Waals surface area contributed by atoms with Crippen LogP contribution in [-0.2, 0) is 9.47 Å². The number of aromatic carboxylic acids is 1. The van der Waals surface area contributed by atoms with Gasteiger partial charge in [-0.3, -0.25) is 4.79 Å². The minimum absolute atomic E-state index is 0.0648. The standard InChI is InChI=1S/C8H6O3.C4H10O2/c9-5-6-1-3-7(4-2-6)8(10)11;1-4(5-2)6-3/h1-5H,(H,10,11);4H,1-3H3. The van der Waals surface area contributed by atoms with Crippen molar-refractivity contribution in [3.63, 3.8) is 0 Å². The van der Waals surface area contributed by atoms with Crippen LogP contribution in [0.1, 0.15) is 27.6 Å². The summed E-state index contributed by atoms with van der Waals surface area (Å²) in [6.07, 6.45) is 0.607. The van der Waals surface area contributed by atoms with E-state index >= 15 is 0 Å². The molecule has 0 aliphatic carbocycles. The first-order valence-corrected chi connectivity index (χ1v) is 4.89. The number of benzene rings is 1. The van der Waals surface area contributed by atoms with Crippen molar-refractivity contribution in [1.29, 1.82) is 0 Å². The number of carbonyl (C=O) groups excluding carboxylic acids is 1. The maximum atomic E-state index is 10.3. The van der Waals surface area contributed by atoms with E-state index in [9.17, 15) is 9.59 Å². The summed E-state index contributed by atoms with van der Waals surface area (Å²) < 4.78 is 9.35. The topological polar surface area (TPSA) is 72.8 Å². The second-order valence-corrected chi connectivity index (χ2v) is 3.08. The Morgan fingerprint density at radius 1 is 1.24 bits per heavy atom. The van der Waals surface area contributed by atoms with E-state index in [2.05, 4.69) is 9.47 Å². The first-order chi connectivity index (χ1) is 8.04. The summed E-state index contributed by atoms with van der Waals surface area (Å²) in [5, 5.41) is 8.46. The molecule has 17 heavy (non-hydrogen) atoms. The van der Waals surface area contributed by atoms with Gasteiger partial charge in [0.05, 0.1) is 5.56 Å². The average molecular weight is 240 g/mol. The number of ether oxygens (including phenoxy) is 2. The van der Waals surface area contributed by atoms with Crippen molar-refractivity contribution < 1.29 is 24.2 Å². The Labute approximate surface area is 100.0 Å². The summed E-state index contributed by atoms with van der Waals surface area (Å²) in [6, 6.07) is 5.73. The Hall–Kier alpha value is -1.72. The minimum Gasteiger partial charge on any atom is -0.478 e. The third kappa shape index (κ3) is 6.44. The number of carbonyl (C=O) groups is 2. The highest BCUT2D eigenvalue weighted by Crippen LogP contribution is 2.01. The van der Waals surface area contributed by atoms with Gasteiger partial charge in [-0.05, 0) is 19.1 Å². The lowest BCUT2D eigenvalue weighted by atomic mass is 10.1. The highest BCUT2D eigenvalue weighted by molar-refractivity contribution is 5.88. The Morgan fingerprint density at radius 3 is 1.94 bits per heavy atom. The molecule has 0 saturated heterocycles. The van der Waals surface area contributed by atoms with E-state index in [4.69, 9.17) is 5.11 Å². The molecule has 0 bridgehead atoms. The highest BCUT2D eigenvalue weighted by Gasteiger charge is 1.99. The number of hydrogen-bond acceptors (Lipinski definition) is 4. The number of aldehydes is 1. The van der Waals surface area contributed by atoms with Crippen LogP contribution >= 0.6 is 0 Å². The quantitative estimate of drug-likeness (QED) is 0.642. The Bertz CT molecular complexity index is 340. The van der Waals surface area contributed by atoms with E-state index in [0.29, 0.717) is 11.8 Å². The van der Waals surface area contributed by atoms with E-state index < -0.39 is 5.97 Å². The molecule has 0 fully saturated rings. The number of carboxylic acid groups (broad SMARTS) is 1. The number of rotatable bonds is 4. The zero-order chi connectivity index (χ0) is 13.3. The lowest BCUT2D eigenvalue weighted by Crippen LogP contribution is -2.05. The maximum Gasteiger partial charge on any atom is 0.335 e. The van der Waals surface area contributed by atoms with Gasteiger partial charge in [-0.2, -0.15) is 0 Å². The Morgan fingerprint density at radius 2 is 1.71 bits per heavy atom. The summed E-state index contributed by atoms with van der Waals surface area (Å²) in [4.78, 5) is 20.5. The average Bonchev–Trinajstić information content (AvgIpc) is 2.38. The molecule has 0 heterocycles. The zero-order valence-corrected chi connectivity index (χ0v) is 10.0. The number of hydrogen-bond donors (Lipinski definition) is 1. The molecule has 0 spiro atoms. The van der Waals surface area contributed by atoms with Gasteiger partial charge in [0, 0.05) is 19.8 Å². The summed E-state index contributed by atoms with van der Waals surface area (Å²) in [5.41, 5.74) is 0.672. The zero-order valence-electron chi connectivity index (χ0n) is 10.0. The van der Waals surface area contributed by atoms with Crippen LogP contribution in [0, 0.1) is 0 Å². The summed E-state index contributed by atoms with van der Waals surface area (Å²) >= 11 is 0.